The number of amides is 1. The van der Waals surface area contributed by atoms with Crippen LogP contribution in [0.1, 0.15) is 38.8 Å². The van der Waals surface area contributed by atoms with Crippen molar-refractivity contribution in [1.29, 1.82) is 0 Å². The third-order valence-corrected chi connectivity index (χ3v) is 6.27. The van der Waals surface area contributed by atoms with Crippen molar-refractivity contribution in [3.8, 4) is 0 Å². The van der Waals surface area contributed by atoms with Gasteiger partial charge in [-0.05, 0) is 68.3 Å². The molecular weight excluding hydrogens is 428 g/mol. The highest BCUT2D eigenvalue weighted by Gasteiger charge is 2.20. The van der Waals surface area contributed by atoms with Crippen molar-refractivity contribution in [3.05, 3.63) is 89.0 Å². The van der Waals surface area contributed by atoms with E-state index in [0.717, 1.165) is 5.56 Å². The standard InChI is InChI=1S/C24H24N2O5S/c1-4-31-24(28)19-9-7-10-20(14-19)25-23(27)18-13-12-17(3)22(15-18)32(29,30)26-21-11-6-5-8-16(21)2/h5-15,26H,4H2,1-3H3,(H,25,27). The van der Waals surface area contributed by atoms with Gasteiger partial charge in [0.05, 0.1) is 22.8 Å². The van der Waals surface area contributed by atoms with Crippen molar-refractivity contribution >= 4 is 33.3 Å². The summed E-state index contributed by atoms with van der Waals surface area (Å²) in [7, 11) is -3.91. The first-order valence-electron chi connectivity index (χ1n) is 9.99. The summed E-state index contributed by atoms with van der Waals surface area (Å²) in [4.78, 5) is 24.7. The molecule has 1 amide bonds. The van der Waals surface area contributed by atoms with Crippen LogP contribution in [-0.2, 0) is 14.8 Å². The third-order valence-electron chi connectivity index (χ3n) is 4.76. The fraction of sp³-hybridized carbons (Fsp3) is 0.167. The number of sulfonamides is 1. The van der Waals surface area contributed by atoms with Crippen molar-refractivity contribution in [3.63, 3.8) is 0 Å². The molecule has 0 saturated carbocycles. The van der Waals surface area contributed by atoms with Gasteiger partial charge in [-0.15, -0.1) is 0 Å². The van der Waals surface area contributed by atoms with Crippen LogP contribution in [0.4, 0.5) is 11.4 Å². The summed E-state index contributed by atoms with van der Waals surface area (Å²) in [5, 5.41) is 2.69. The zero-order valence-corrected chi connectivity index (χ0v) is 18.8. The summed E-state index contributed by atoms with van der Waals surface area (Å²) in [5.41, 5.74) is 2.62. The number of anilines is 2. The Labute approximate surface area is 187 Å². The molecule has 3 rings (SSSR count). The highest BCUT2D eigenvalue weighted by Crippen LogP contribution is 2.23. The number of hydrogen-bond acceptors (Lipinski definition) is 5. The first-order valence-corrected chi connectivity index (χ1v) is 11.5. The normalized spacial score (nSPS) is 11.0. The van der Waals surface area contributed by atoms with Crippen LogP contribution in [0.25, 0.3) is 0 Å². The molecule has 0 saturated heterocycles. The molecule has 0 atom stereocenters. The van der Waals surface area contributed by atoms with Gasteiger partial charge in [0, 0.05) is 11.3 Å². The fourth-order valence-corrected chi connectivity index (χ4v) is 4.46. The molecule has 0 spiro atoms. The van der Waals surface area contributed by atoms with E-state index in [0.29, 0.717) is 22.5 Å². The molecule has 8 heteroatoms. The molecule has 166 valence electrons. The van der Waals surface area contributed by atoms with Gasteiger partial charge in [0.15, 0.2) is 0 Å². The minimum absolute atomic E-state index is 0.00803. The number of benzene rings is 3. The third kappa shape index (κ3) is 5.33. The smallest absolute Gasteiger partial charge is 0.338 e. The van der Waals surface area contributed by atoms with E-state index in [9.17, 15) is 18.0 Å². The van der Waals surface area contributed by atoms with Crippen molar-refractivity contribution in [2.45, 2.75) is 25.7 Å². The number of esters is 1. The van der Waals surface area contributed by atoms with Crippen LogP contribution in [0.5, 0.6) is 0 Å². The van der Waals surface area contributed by atoms with E-state index < -0.39 is 21.9 Å². The van der Waals surface area contributed by atoms with Crippen LogP contribution in [0, 0.1) is 13.8 Å². The average Bonchev–Trinajstić information content (AvgIpc) is 2.75. The molecular formula is C24H24N2O5S. The maximum atomic E-state index is 13.0. The Kier molecular flexibility index (Phi) is 6.95. The van der Waals surface area contributed by atoms with Crippen molar-refractivity contribution in [2.75, 3.05) is 16.6 Å². The van der Waals surface area contributed by atoms with Crippen LogP contribution in [0.3, 0.4) is 0 Å². The summed E-state index contributed by atoms with van der Waals surface area (Å²) < 4.78 is 33.5. The molecule has 3 aromatic carbocycles. The van der Waals surface area contributed by atoms with Crippen molar-refractivity contribution < 1.29 is 22.7 Å². The van der Waals surface area contributed by atoms with E-state index in [1.165, 1.54) is 12.1 Å². The lowest BCUT2D eigenvalue weighted by molar-refractivity contribution is 0.0526. The van der Waals surface area contributed by atoms with Gasteiger partial charge >= 0.3 is 5.97 Å². The summed E-state index contributed by atoms with van der Waals surface area (Å²) in [6.45, 7) is 5.42. The Hall–Kier alpha value is -3.65. The summed E-state index contributed by atoms with van der Waals surface area (Å²) >= 11 is 0. The maximum absolute atomic E-state index is 13.0. The molecule has 2 N–H and O–H groups in total. The molecule has 0 aliphatic heterocycles. The molecule has 32 heavy (non-hydrogen) atoms. The van der Waals surface area contributed by atoms with Crippen molar-refractivity contribution in [1.82, 2.24) is 0 Å². The molecule has 0 bridgehead atoms. The molecule has 3 aromatic rings. The quantitative estimate of drug-likeness (QED) is 0.513. The Bertz CT molecular complexity index is 1270. The van der Waals surface area contributed by atoms with Gasteiger partial charge in [-0.1, -0.05) is 30.3 Å². The van der Waals surface area contributed by atoms with E-state index in [4.69, 9.17) is 4.74 Å². The highest BCUT2D eigenvalue weighted by molar-refractivity contribution is 7.92. The Balaban J connectivity index is 1.85. The first-order chi connectivity index (χ1) is 15.2. The Morgan fingerprint density at radius 1 is 0.875 bits per heavy atom. The highest BCUT2D eigenvalue weighted by atomic mass is 32.2. The lowest BCUT2D eigenvalue weighted by atomic mass is 10.1. The van der Waals surface area contributed by atoms with Crippen LogP contribution in [-0.4, -0.2) is 26.9 Å². The van der Waals surface area contributed by atoms with Gasteiger partial charge in [0.2, 0.25) is 0 Å². The molecule has 0 aliphatic carbocycles. The lowest BCUT2D eigenvalue weighted by Gasteiger charge is -2.14. The largest absolute Gasteiger partial charge is 0.462 e. The zero-order valence-electron chi connectivity index (χ0n) is 18.0. The Morgan fingerprint density at radius 2 is 1.62 bits per heavy atom. The predicted molar refractivity (Wildman–Crippen MR) is 124 cm³/mol. The maximum Gasteiger partial charge on any atom is 0.338 e. The van der Waals surface area contributed by atoms with Gasteiger partial charge < -0.3 is 10.1 Å². The van der Waals surface area contributed by atoms with E-state index in [2.05, 4.69) is 10.0 Å². The molecule has 0 aliphatic rings. The SMILES string of the molecule is CCOC(=O)c1cccc(NC(=O)c2ccc(C)c(S(=O)(=O)Nc3ccccc3C)c2)c1. The van der Waals surface area contributed by atoms with Gasteiger partial charge in [0.1, 0.15) is 0 Å². The van der Waals surface area contributed by atoms with Gasteiger partial charge in [-0.2, -0.15) is 0 Å². The van der Waals surface area contributed by atoms with Crippen molar-refractivity contribution in [2.24, 2.45) is 0 Å². The van der Waals surface area contributed by atoms with E-state index in [1.807, 2.05) is 6.07 Å². The number of aryl methyl sites for hydroxylation is 2. The van der Waals surface area contributed by atoms with Gasteiger partial charge in [-0.25, -0.2) is 13.2 Å². The van der Waals surface area contributed by atoms with E-state index in [1.54, 1.807) is 69.3 Å². The molecule has 0 unspecified atom stereocenters. The number of carbonyl (C=O) groups excluding carboxylic acids is 2. The summed E-state index contributed by atoms with van der Waals surface area (Å²) in [6.07, 6.45) is 0. The molecule has 0 radical (unpaired) electrons. The van der Waals surface area contributed by atoms with Gasteiger partial charge in [-0.3, -0.25) is 9.52 Å². The molecule has 7 nitrogen and oxygen atoms in total. The first kappa shape index (κ1) is 23.0. The monoisotopic (exact) mass is 452 g/mol. The molecule has 0 aromatic heterocycles. The van der Waals surface area contributed by atoms with Crippen LogP contribution < -0.4 is 10.0 Å². The summed E-state index contributed by atoms with van der Waals surface area (Å²) in [6, 6.07) is 17.8. The van der Waals surface area contributed by atoms with Crippen LogP contribution >= 0.6 is 0 Å². The second kappa shape index (κ2) is 9.65. The number of nitrogens with one attached hydrogen (secondary N) is 2. The Morgan fingerprint density at radius 3 is 2.34 bits per heavy atom. The second-order valence-corrected chi connectivity index (χ2v) is 8.81. The minimum Gasteiger partial charge on any atom is -0.462 e. The number of rotatable bonds is 7. The van der Waals surface area contributed by atoms with E-state index >= 15 is 0 Å². The number of hydrogen-bond donors (Lipinski definition) is 2. The molecule has 0 heterocycles. The zero-order chi connectivity index (χ0) is 23.3. The van der Waals surface area contributed by atoms with Crippen LogP contribution in [0.15, 0.2) is 71.6 Å². The summed E-state index contributed by atoms with van der Waals surface area (Å²) in [5.74, 6) is -0.993. The van der Waals surface area contributed by atoms with E-state index in [-0.39, 0.29) is 17.1 Å². The predicted octanol–water partition coefficient (Wildman–Crippen LogP) is 4.53. The van der Waals surface area contributed by atoms with Gasteiger partial charge in [0.25, 0.3) is 15.9 Å². The van der Waals surface area contributed by atoms with Crippen LogP contribution in [0.2, 0.25) is 0 Å². The second-order valence-electron chi connectivity index (χ2n) is 7.16. The average molecular weight is 453 g/mol. The number of carbonyl (C=O) groups is 2. The number of ether oxygens (including phenoxy) is 1. The number of para-hydroxylation sites is 1. The lowest BCUT2D eigenvalue weighted by Crippen LogP contribution is -2.17. The topological polar surface area (TPSA) is 102 Å². The fourth-order valence-electron chi connectivity index (χ4n) is 3.06. The minimum atomic E-state index is -3.91. The molecule has 0 fully saturated rings.